The van der Waals surface area contributed by atoms with Crippen molar-refractivity contribution >= 4 is 11.6 Å². The summed E-state index contributed by atoms with van der Waals surface area (Å²) in [6, 6.07) is 0. The zero-order valence-electron chi connectivity index (χ0n) is 13.1. The van der Waals surface area contributed by atoms with Crippen molar-refractivity contribution in [1.82, 2.24) is 0 Å². The summed E-state index contributed by atoms with van der Waals surface area (Å²) in [6.45, 7) is 4.52. The van der Waals surface area contributed by atoms with E-state index in [1.165, 1.54) is 5.57 Å². The third kappa shape index (κ3) is 1.65. The molecule has 0 N–H and O–H groups in total. The number of ketones is 2. The first-order valence-corrected chi connectivity index (χ1v) is 8.40. The summed E-state index contributed by atoms with van der Waals surface area (Å²) in [7, 11) is 0. The lowest BCUT2D eigenvalue weighted by Gasteiger charge is -2.51. The highest BCUT2D eigenvalue weighted by molar-refractivity contribution is 5.88. The van der Waals surface area contributed by atoms with Crippen molar-refractivity contribution in [3.8, 4) is 0 Å². The molecule has 4 aliphatic rings. The van der Waals surface area contributed by atoms with Gasteiger partial charge in [0.25, 0.3) is 0 Å². The third-order valence-electron chi connectivity index (χ3n) is 7.02. The number of rotatable bonds is 0. The standard InChI is InChI=1S/C19H24O2/c1-18-9-7-13(20)11-12(18)3-4-14-15-5-6-17(21)19(15,2)10-8-16(14)18/h3,8,14-15H,4-7,9-11H2,1-2H3/t14?,15?,18-,19-/m1/s1. The minimum atomic E-state index is -0.111. The van der Waals surface area contributed by atoms with Gasteiger partial charge < -0.3 is 0 Å². The number of allylic oxidation sites excluding steroid dienone is 4. The number of carbonyl (C=O) groups excluding carboxylic acids is 2. The molecule has 0 aliphatic heterocycles. The molecule has 2 nitrogen and oxygen atoms in total. The topological polar surface area (TPSA) is 34.1 Å². The molecule has 0 aromatic heterocycles. The lowest BCUT2D eigenvalue weighted by Crippen LogP contribution is -2.44. The van der Waals surface area contributed by atoms with Crippen LogP contribution < -0.4 is 0 Å². The molecule has 0 bridgehead atoms. The second kappa shape index (κ2) is 4.18. The zero-order chi connectivity index (χ0) is 14.8. The SMILES string of the molecule is C[C@@]12CCC(=O)CC1=CCC1C2=CC[C@@]2(C)C(=O)CCC12. The second-order valence-electron chi connectivity index (χ2n) is 7.97. The van der Waals surface area contributed by atoms with E-state index in [9.17, 15) is 9.59 Å². The molecule has 0 amide bonds. The summed E-state index contributed by atoms with van der Waals surface area (Å²) in [5.41, 5.74) is 2.91. The summed E-state index contributed by atoms with van der Waals surface area (Å²) in [5, 5.41) is 0. The Labute approximate surface area is 126 Å². The van der Waals surface area contributed by atoms with E-state index in [2.05, 4.69) is 26.0 Å². The molecule has 2 heteroatoms. The fraction of sp³-hybridized carbons (Fsp3) is 0.684. The number of Topliss-reactive ketones (excluding diaryl/α,β-unsaturated/α-hetero) is 2. The second-order valence-corrected chi connectivity index (χ2v) is 7.97. The average Bonchev–Trinajstić information content (AvgIpc) is 2.76. The van der Waals surface area contributed by atoms with Crippen LogP contribution in [0.25, 0.3) is 0 Å². The van der Waals surface area contributed by atoms with Gasteiger partial charge in [0.2, 0.25) is 0 Å². The highest BCUT2D eigenvalue weighted by Gasteiger charge is 2.55. The Bertz CT molecular complexity index is 597. The van der Waals surface area contributed by atoms with Gasteiger partial charge in [-0.05, 0) is 37.5 Å². The van der Waals surface area contributed by atoms with Crippen molar-refractivity contribution in [2.45, 2.75) is 58.8 Å². The molecule has 112 valence electrons. The highest BCUT2D eigenvalue weighted by atomic mass is 16.1. The monoisotopic (exact) mass is 284 g/mol. The minimum Gasteiger partial charge on any atom is -0.299 e. The molecule has 4 aliphatic carbocycles. The predicted molar refractivity (Wildman–Crippen MR) is 81.7 cm³/mol. The van der Waals surface area contributed by atoms with Crippen LogP contribution in [-0.2, 0) is 9.59 Å². The van der Waals surface area contributed by atoms with E-state index in [1.807, 2.05) is 0 Å². The van der Waals surface area contributed by atoms with Gasteiger partial charge in [0.15, 0.2) is 0 Å². The van der Waals surface area contributed by atoms with Crippen LogP contribution in [0.3, 0.4) is 0 Å². The maximum Gasteiger partial charge on any atom is 0.139 e. The van der Waals surface area contributed by atoms with Gasteiger partial charge in [0.1, 0.15) is 11.6 Å². The largest absolute Gasteiger partial charge is 0.299 e. The first-order chi connectivity index (χ1) is 9.95. The van der Waals surface area contributed by atoms with Crippen LogP contribution in [-0.4, -0.2) is 11.6 Å². The number of hydrogen-bond acceptors (Lipinski definition) is 2. The molecular weight excluding hydrogens is 260 g/mol. The Morgan fingerprint density at radius 1 is 1.14 bits per heavy atom. The quantitative estimate of drug-likeness (QED) is 0.630. The Kier molecular flexibility index (Phi) is 2.68. The average molecular weight is 284 g/mol. The zero-order valence-corrected chi connectivity index (χ0v) is 13.1. The molecule has 0 heterocycles. The van der Waals surface area contributed by atoms with Gasteiger partial charge in [0.05, 0.1) is 0 Å². The van der Waals surface area contributed by atoms with Crippen LogP contribution in [0.4, 0.5) is 0 Å². The van der Waals surface area contributed by atoms with E-state index < -0.39 is 0 Å². The molecule has 0 spiro atoms. The van der Waals surface area contributed by atoms with Gasteiger partial charge in [-0.2, -0.15) is 0 Å². The first kappa shape index (κ1) is 13.5. The smallest absolute Gasteiger partial charge is 0.139 e. The first-order valence-electron chi connectivity index (χ1n) is 8.40. The number of carbonyl (C=O) groups is 2. The van der Waals surface area contributed by atoms with E-state index in [0.717, 1.165) is 38.5 Å². The van der Waals surface area contributed by atoms with E-state index in [0.29, 0.717) is 29.8 Å². The Morgan fingerprint density at radius 3 is 2.76 bits per heavy atom. The maximum absolute atomic E-state index is 12.3. The number of hydrogen-bond donors (Lipinski definition) is 0. The molecule has 0 radical (unpaired) electrons. The Balaban J connectivity index is 1.77. The lowest BCUT2D eigenvalue weighted by atomic mass is 9.52. The lowest BCUT2D eigenvalue weighted by molar-refractivity contribution is -0.127. The van der Waals surface area contributed by atoms with Crippen molar-refractivity contribution < 1.29 is 9.59 Å². The van der Waals surface area contributed by atoms with Crippen LogP contribution in [0, 0.1) is 22.7 Å². The Hall–Kier alpha value is -1.18. The van der Waals surface area contributed by atoms with E-state index in [-0.39, 0.29) is 10.8 Å². The van der Waals surface area contributed by atoms with E-state index in [4.69, 9.17) is 0 Å². The summed E-state index contributed by atoms with van der Waals surface area (Å²) < 4.78 is 0. The summed E-state index contributed by atoms with van der Waals surface area (Å²) in [6.07, 6.45) is 10.9. The molecule has 0 aromatic carbocycles. The van der Waals surface area contributed by atoms with Gasteiger partial charge in [0, 0.05) is 30.1 Å². The van der Waals surface area contributed by atoms with E-state index >= 15 is 0 Å². The van der Waals surface area contributed by atoms with Crippen LogP contribution >= 0.6 is 0 Å². The van der Waals surface area contributed by atoms with Crippen molar-refractivity contribution in [2.75, 3.05) is 0 Å². The Morgan fingerprint density at radius 2 is 1.95 bits per heavy atom. The van der Waals surface area contributed by atoms with Crippen molar-refractivity contribution in [2.24, 2.45) is 22.7 Å². The third-order valence-corrected chi connectivity index (χ3v) is 7.02. The maximum atomic E-state index is 12.3. The summed E-state index contributed by atoms with van der Waals surface area (Å²) >= 11 is 0. The normalized spacial score (nSPS) is 45.4. The fourth-order valence-electron chi connectivity index (χ4n) is 5.57. The van der Waals surface area contributed by atoms with Crippen molar-refractivity contribution in [3.05, 3.63) is 23.3 Å². The van der Waals surface area contributed by atoms with Gasteiger partial charge in [-0.1, -0.05) is 37.1 Å². The van der Waals surface area contributed by atoms with Crippen LogP contribution in [0.15, 0.2) is 23.3 Å². The van der Waals surface area contributed by atoms with Crippen LogP contribution in [0.5, 0.6) is 0 Å². The molecule has 4 atom stereocenters. The van der Waals surface area contributed by atoms with Gasteiger partial charge in [-0.25, -0.2) is 0 Å². The molecular formula is C19H24O2. The molecule has 2 unspecified atom stereocenters. The molecule has 2 fully saturated rings. The van der Waals surface area contributed by atoms with Gasteiger partial charge in [-0.3, -0.25) is 9.59 Å². The molecule has 0 aromatic rings. The van der Waals surface area contributed by atoms with Crippen LogP contribution in [0.2, 0.25) is 0 Å². The fourth-order valence-corrected chi connectivity index (χ4v) is 5.57. The molecule has 0 saturated heterocycles. The van der Waals surface area contributed by atoms with Gasteiger partial charge in [-0.15, -0.1) is 0 Å². The summed E-state index contributed by atoms with van der Waals surface area (Å²) in [5.74, 6) is 1.94. The van der Waals surface area contributed by atoms with E-state index in [1.54, 1.807) is 5.57 Å². The highest BCUT2D eigenvalue weighted by Crippen LogP contribution is 2.61. The number of fused-ring (bicyclic) bond motifs is 5. The van der Waals surface area contributed by atoms with Crippen LogP contribution in [0.1, 0.15) is 58.8 Å². The molecule has 2 saturated carbocycles. The summed E-state index contributed by atoms with van der Waals surface area (Å²) in [4.78, 5) is 24.1. The molecule has 21 heavy (non-hydrogen) atoms. The van der Waals surface area contributed by atoms with Crippen molar-refractivity contribution in [3.63, 3.8) is 0 Å². The molecule has 4 rings (SSSR count). The van der Waals surface area contributed by atoms with Crippen molar-refractivity contribution in [1.29, 1.82) is 0 Å². The van der Waals surface area contributed by atoms with Gasteiger partial charge >= 0.3 is 0 Å². The minimum absolute atomic E-state index is 0.101. The predicted octanol–water partition coefficient (Wildman–Crippen LogP) is 4.01.